The van der Waals surface area contributed by atoms with E-state index in [9.17, 15) is 9.90 Å². The minimum absolute atomic E-state index is 0.0568. The van der Waals surface area contributed by atoms with E-state index in [1.165, 1.54) is 6.07 Å². The van der Waals surface area contributed by atoms with Crippen molar-refractivity contribution in [3.05, 3.63) is 65.2 Å². The predicted molar refractivity (Wildman–Crippen MR) is 68.4 cm³/mol. The van der Waals surface area contributed by atoms with Crippen LogP contribution in [-0.2, 0) is 11.3 Å². The average Bonchev–Trinajstić information content (AvgIpc) is 2.40. The molecule has 18 heavy (non-hydrogen) atoms. The molecule has 92 valence electrons. The first-order chi connectivity index (χ1) is 8.66. The van der Waals surface area contributed by atoms with Gasteiger partial charge in [0.2, 0.25) is 0 Å². The van der Waals surface area contributed by atoms with Crippen LogP contribution in [0.5, 0.6) is 5.75 Å². The van der Waals surface area contributed by atoms with Crippen LogP contribution in [0.2, 0.25) is 0 Å². The van der Waals surface area contributed by atoms with Gasteiger partial charge in [-0.05, 0) is 24.6 Å². The summed E-state index contributed by atoms with van der Waals surface area (Å²) in [6, 6.07) is 14.3. The number of aryl methyl sites for hydroxylation is 1. The second-order valence-corrected chi connectivity index (χ2v) is 4.08. The lowest BCUT2D eigenvalue weighted by atomic mass is 10.1. The van der Waals surface area contributed by atoms with Gasteiger partial charge < -0.3 is 9.84 Å². The maximum Gasteiger partial charge on any atom is 0.342 e. The Balaban J connectivity index is 2.06. The molecule has 2 aromatic rings. The first-order valence-electron chi connectivity index (χ1n) is 5.67. The van der Waals surface area contributed by atoms with Crippen molar-refractivity contribution < 1.29 is 14.6 Å². The highest BCUT2D eigenvalue weighted by molar-refractivity contribution is 5.92. The number of hydrogen-bond acceptors (Lipinski definition) is 3. The number of benzene rings is 2. The molecule has 0 aliphatic rings. The fourth-order valence-electron chi connectivity index (χ4n) is 1.61. The van der Waals surface area contributed by atoms with E-state index in [1.54, 1.807) is 12.1 Å². The SMILES string of the molecule is Cc1ccc(O)c(C(=O)OCc2ccccc2)c1. The van der Waals surface area contributed by atoms with Gasteiger partial charge in [0.1, 0.15) is 17.9 Å². The van der Waals surface area contributed by atoms with Crippen LogP contribution in [0.25, 0.3) is 0 Å². The Morgan fingerprint density at radius 3 is 2.61 bits per heavy atom. The zero-order valence-electron chi connectivity index (χ0n) is 10.1. The Morgan fingerprint density at radius 1 is 1.17 bits per heavy atom. The largest absolute Gasteiger partial charge is 0.507 e. The molecule has 0 heterocycles. The highest BCUT2D eigenvalue weighted by Gasteiger charge is 2.12. The Bertz CT molecular complexity index is 547. The van der Waals surface area contributed by atoms with Gasteiger partial charge in [0, 0.05) is 0 Å². The Labute approximate surface area is 106 Å². The third-order valence-electron chi connectivity index (χ3n) is 2.58. The second kappa shape index (κ2) is 5.36. The van der Waals surface area contributed by atoms with Crippen molar-refractivity contribution in [3.8, 4) is 5.75 Å². The number of rotatable bonds is 3. The summed E-state index contributed by atoms with van der Waals surface area (Å²) in [6.07, 6.45) is 0. The second-order valence-electron chi connectivity index (χ2n) is 4.08. The lowest BCUT2D eigenvalue weighted by molar-refractivity contribution is 0.0469. The van der Waals surface area contributed by atoms with E-state index in [4.69, 9.17) is 4.74 Å². The number of ether oxygens (including phenoxy) is 1. The molecule has 0 aliphatic heterocycles. The van der Waals surface area contributed by atoms with E-state index in [2.05, 4.69) is 0 Å². The summed E-state index contributed by atoms with van der Waals surface area (Å²) in [5.74, 6) is -0.571. The third kappa shape index (κ3) is 2.88. The van der Waals surface area contributed by atoms with Crippen molar-refractivity contribution in [2.45, 2.75) is 13.5 Å². The summed E-state index contributed by atoms with van der Waals surface area (Å²) >= 11 is 0. The summed E-state index contributed by atoms with van der Waals surface area (Å²) in [5.41, 5.74) is 2.02. The minimum atomic E-state index is -0.514. The summed E-state index contributed by atoms with van der Waals surface area (Å²) in [7, 11) is 0. The van der Waals surface area contributed by atoms with E-state index in [0.29, 0.717) is 0 Å². The smallest absolute Gasteiger partial charge is 0.342 e. The predicted octanol–water partition coefficient (Wildman–Crippen LogP) is 3.06. The van der Waals surface area contributed by atoms with Gasteiger partial charge in [0.15, 0.2) is 0 Å². The fourth-order valence-corrected chi connectivity index (χ4v) is 1.61. The molecule has 0 spiro atoms. The van der Waals surface area contributed by atoms with Crippen LogP contribution in [0.3, 0.4) is 0 Å². The van der Waals surface area contributed by atoms with Gasteiger partial charge in [-0.1, -0.05) is 42.0 Å². The molecule has 2 aromatic carbocycles. The van der Waals surface area contributed by atoms with E-state index in [-0.39, 0.29) is 17.9 Å². The lowest BCUT2D eigenvalue weighted by Crippen LogP contribution is -2.05. The van der Waals surface area contributed by atoms with Crippen molar-refractivity contribution >= 4 is 5.97 Å². The van der Waals surface area contributed by atoms with Crippen LogP contribution in [0.4, 0.5) is 0 Å². The average molecular weight is 242 g/mol. The van der Waals surface area contributed by atoms with Crippen molar-refractivity contribution in [2.75, 3.05) is 0 Å². The quantitative estimate of drug-likeness (QED) is 0.841. The van der Waals surface area contributed by atoms with Gasteiger partial charge in [-0.3, -0.25) is 0 Å². The molecule has 2 rings (SSSR count). The number of phenolic OH excluding ortho intramolecular Hbond substituents is 1. The zero-order chi connectivity index (χ0) is 13.0. The fraction of sp³-hybridized carbons (Fsp3) is 0.133. The van der Waals surface area contributed by atoms with Crippen LogP contribution < -0.4 is 0 Å². The molecule has 0 fully saturated rings. The van der Waals surface area contributed by atoms with Gasteiger partial charge in [-0.15, -0.1) is 0 Å². The molecule has 0 saturated carbocycles. The number of carbonyl (C=O) groups excluding carboxylic acids is 1. The molecule has 0 bridgehead atoms. The molecule has 0 aromatic heterocycles. The molecule has 0 amide bonds. The zero-order valence-corrected chi connectivity index (χ0v) is 10.1. The standard InChI is InChI=1S/C15H14O3/c1-11-7-8-14(16)13(9-11)15(17)18-10-12-5-3-2-4-6-12/h2-9,16H,10H2,1H3. The van der Waals surface area contributed by atoms with Crippen LogP contribution in [0.1, 0.15) is 21.5 Å². The number of carbonyl (C=O) groups is 1. The van der Waals surface area contributed by atoms with Crippen molar-refractivity contribution in [1.29, 1.82) is 0 Å². The van der Waals surface area contributed by atoms with Crippen LogP contribution in [-0.4, -0.2) is 11.1 Å². The number of phenols is 1. The molecule has 0 saturated heterocycles. The lowest BCUT2D eigenvalue weighted by Gasteiger charge is -2.07. The highest BCUT2D eigenvalue weighted by atomic mass is 16.5. The van der Waals surface area contributed by atoms with Crippen molar-refractivity contribution in [2.24, 2.45) is 0 Å². The minimum Gasteiger partial charge on any atom is -0.507 e. The topological polar surface area (TPSA) is 46.5 Å². The monoisotopic (exact) mass is 242 g/mol. The molecular formula is C15H14O3. The van der Waals surface area contributed by atoms with E-state index < -0.39 is 5.97 Å². The summed E-state index contributed by atoms with van der Waals surface area (Å²) in [4.78, 5) is 11.8. The van der Waals surface area contributed by atoms with E-state index >= 15 is 0 Å². The maximum absolute atomic E-state index is 11.8. The molecule has 3 nitrogen and oxygen atoms in total. The normalized spacial score (nSPS) is 10.1. The summed E-state index contributed by atoms with van der Waals surface area (Å²) in [5, 5.41) is 9.60. The van der Waals surface area contributed by atoms with Crippen LogP contribution in [0, 0.1) is 6.92 Å². The van der Waals surface area contributed by atoms with Gasteiger partial charge in [-0.25, -0.2) is 4.79 Å². The molecule has 0 atom stereocenters. The van der Waals surface area contributed by atoms with Crippen molar-refractivity contribution in [3.63, 3.8) is 0 Å². The number of esters is 1. The molecule has 0 unspecified atom stereocenters. The number of aromatic hydroxyl groups is 1. The molecule has 1 N–H and O–H groups in total. The van der Waals surface area contributed by atoms with E-state index in [1.807, 2.05) is 37.3 Å². The Hall–Kier alpha value is -2.29. The van der Waals surface area contributed by atoms with Gasteiger partial charge in [-0.2, -0.15) is 0 Å². The highest BCUT2D eigenvalue weighted by Crippen LogP contribution is 2.19. The molecule has 0 aliphatic carbocycles. The number of hydrogen-bond donors (Lipinski definition) is 1. The van der Waals surface area contributed by atoms with E-state index in [0.717, 1.165) is 11.1 Å². The molecule has 3 heteroatoms. The maximum atomic E-state index is 11.8. The van der Waals surface area contributed by atoms with Crippen molar-refractivity contribution in [1.82, 2.24) is 0 Å². The summed E-state index contributed by atoms with van der Waals surface area (Å²) < 4.78 is 5.15. The first-order valence-corrected chi connectivity index (χ1v) is 5.67. The Kier molecular flexibility index (Phi) is 3.63. The van der Waals surface area contributed by atoms with Gasteiger partial charge in [0.25, 0.3) is 0 Å². The summed E-state index contributed by atoms with van der Waals surface area (Å²) in [6.45, 7) is 2.06. The van der Waals surface area contributed by atoms with Crippen LogP contribution in [0.15, 0.2) is 48.5 Å². The third-order valence-corrected chi connectivity index (χ3v) is 2.58. The Morgan fingerprint density at radius 2 is 1.89 bits per heavy atom. The van der Waals surface area contributed by atoms with Crippen LogP contribution >= 0.6 is 0 Å². The van der Waals surface area contributed by atoms with Gasteiger partial charge >= 0.3 is 5.97 Å². The molecule has 0 radical (unpaired) electrons. The van der Waals surface area contributed by atoms with Gasteiger partial charge in [0.05, 0.1) is 0 Å². The molecular weight excluding hydrogens is 228 g/mol. The first kappa shape index (κ1) is 12.2.